The quantitative estimate of drug-likeness (QED) is 0.359. The molecule has 1 saturated heterocycles. The summed E-state index contributed by atoms with van der Waals surface area (Å²) < 4.78 is 0. The average Bonchev–Trinajstić information content (AvgIpc) is 2.94. The lowest BCUT2D eigenvalue weighted by molar-refractivity contribution is -0.137. The van der Waals surface area contributed by atoms with Gasteiger partial charge in [-0.05, 0) is 24.0 Å². The second-order valence-electron chi connectivity index (χ2n) is 9.05. The van der Waals surface area contributed by atoms with Crippen molar-refractivity contribution >= 4 is 11.7 Å². The third-order valence-electron chi connectivity index (χ3n) is 6.63. The average molecular weight is 463 g/mol. The Kier molecular flexibility index (Phi) is 7.13. The molecular formula is C30H30N4O. The highest BCUT2D eigenvalue weighted by Crippen LogP contribution is 2.27. The highest BCUT2D eigenvalue weighted by Gasteiger charge is 2.29. The Hall–Kier alpha value is -3.99. The molecule has 0 saturated carbocycles. The monoisotopic (exact) mass is 462 g/mol. The number of rotatable bonds is 7. The topological polar surface area (TPSA) is 49.3 Å². The fraction of sp³-hybridized carbons (Fsp3) is 0.233. The van der Waals surface area contributed by atoms with Crippen molar-refractivity contribution in [3.8, 4) is 11.3 Å². The Morgan fingerprint density at radius 1 is 0.771 bits per heavy atom. The molecule has 0 aliphatic carbocycles. The first-order chi connectivity index (χ1) is 17.3. The Morgan fingerprint density at radius 3 is 1.89 bits per heavy atom. The fourth-order valence-corrected chi connectivity index (χ4v) is 4.72. The Morgan fingerprint density at radius 2 is 1.31 bits per heavy atom. The van der Waals surface area contributed by atoms with Crippen LogP contribution in [0.5, 0.6) is 0 Å². The minimum absolute atomic E-state index is 0.0223. The van der Waals surface area contributed by atoms with E-state index in [0.717, 1.165) is 54.1 Å². The molecule has 4 aromatic rings. The van der Waals surface area contributed by atoms with E-state index in [9.17, 15) is 4.79 Å². The molecule has 1 aliphatic heterocycles. The molecule has 5 nitrogen and oxygen atoms in total. The van der Waals surface area contributed by atoms with Crippen LogP contribution in [0.15, 0.2) is 103 Å². The minimum Gasteiger partial charge on any atom is -0.356 e. The lowest BCUT2D eigenvalue weighted by atomic mass is 9.94. The van der Waals surface area contributed by atoms with Crippen molar-refractivity contribution < 1.29 is 4.79 Å². The third-order valence-corrected chi connectivity index (χ3v) is 6.63. The zero-order valence-corrected chi connectivity index (χ0v) is 19.8. The van der Waals surface area contributed by atoms with Gasteiger partial charge in [0.05, 0.1) is 5.69 Å². The minimum atomic E-state index is 0.0223. The van der Waals surface area contributed by atoms with Crippen molar-refractivity contribution in [2.24, 2.45) is 5.92 Å². The van der Waals surface area contributed by atoms with Gasteiger partial charge in [-0.15, -0.1) is 0 Å². The highest BCUT2D eigenvalue weighted by molar-refractivity contribution is 5.79. The summed E-state index contributed by atoms with van der Waals surface area (Å²) >= 11 is 0. The van der Waals surface area contributed by atoms with E-state index in [4.69, 9.17) is 0 Å². The Bertz CT molecular complexity index is 1180. The first-order valence-electron chi connectivity index (χ1n) is 12.3. The molecule has 0 unspecified atom stereocenters. The summed E-state index contributed by atoms with van der Waals surface area (Å²) in [5.41, 5.74) is 4.32. The van der Waals surface area contributed by atoms with E-state index < -0.39 is 0 Å². The van der Waals surface area contributed by atoms with Gasteiger partial charge in [0.1, 0.15) is 12.1 Å². The number of aromatic nitrogens is 2. The van der Waals surface area contributed by atoms with Gasteiger partial charge in [-0.25, -0.2) is 9.97 Å². The van der Waals surface area contributed by atoms with Crippen LogP contribution >= 0.6 is 0 Å². The molecule has 5 heteroatoms. The summed E-state index contributed by atoms with van der Waals surface area (Å²) in [4.78, 5) is 26.9. The maximum atomic E-state index is 13.7. The number of hydrogen-bond donors (Lipinski definition) is 0. The summed E-state index contributed by atoms with van der Waals surface area (Å²) in [5, 5.41) is 0. The molecule has 1 fully saturated rings. The number of carbonyl (C=O) groups excluding carboxylic acids is 1. The Balaban J connectivity index is 1.27. The molecule has 1 amide bonds. The maximum absolute atomic E-state index is 13.7. The van der Waals surface area contributed by atoms with Crippen LogP contribution in [-0.2, 0) is 17.9 Å². The van der Waals surface area contributed by atoms with E-state index in [1.165, 1.54) is 0 Å². The lowest BCUT2D eigenvalue weighted by Gasteiger charge is -2.35. The lowest BCUT2D eigenvalue weighted by Crippen LogP contribution is -2.42. The molecule has 35 heavy (non-hydrogen) atoms. The molecular weight excluding hydrogens is 432 g/mol. The first kappa shape index (κ1) is 22.8. The number of nitrogens with zero attached hydrogens (tertiary/aromatic N) is 4. The molecule has 1 aliphatic rings. The third kappa shape index (κ3) is 5.75. The number of benzene rings is 3. The van der Waals surface area contributed by atoms with E-state index >= 15 is 0 Å². The fourth-order valence-electron chi connectivity index (χ4n) is 4.72. The van der Waals surface area contributed by atoms with Gasteiger partial charge >= 0.3 is 0 Å². The van der Waals surface area contributed by atoms with Crippen molar-refractivity contribution in [2.45, 2.75) is 25.9 Å². The predicted molar refractivity (Wildman–Crippen MR) is 140 cm³/mol. The van der Waals surface area contributed by atoms with Crippen molar-refractivity contribution in [1.29, 1.82) is 0 Å². The first-order valence-corrected chi connectivity index (χ1v) is 12.3. The van der Waals surface area contributed by atoms with Gasteiger partial charge in [0.2, 0.25) is 5.91 Å². The molecule has 0 atom stereocenters. The molecule has 0 radical (unpaired) electrons. The van der Waals surface area contributed by atoms with Crippen LogP contribution in [0.2, 0.25) is 0 Å². The van der Waals surface area contributed by atoms with Crippen LogP contribution in [0.25, 0.3) is 11.3 Å². The SMILES string of the molecule is O=C(C1CCN(c2cc(-c3ccccc3)ncn2)CC1)N(Cc1ccccc1)Cc1ccccc1. The number of piperidine rings is 1. The van der Waals surface area contributed by atoms with Crippen LogP contribution in [-0.4, -0.2) is 33.9 Å². The summed E-state index contributed by atoms with van der Waals surface area (Å²) in [6.07, 6.45) is 3.28. The zero-order chi connectivity index (χ0) is 23.9. The molecule has 176 valence electrons. The second kappa shape index (κ2) is 11.0. The van der Waals surface area contributed by atoms with Crippen LogP contribution in [0.4, 0.5) is 5.82 Å². The number of anilines is 1. The normalized spacial score (nSPS) is 14.0. The van der Waals surface area contributed by atoms with Gasteiger partial charge in [-0.1, -0.05) is 91.0 Å². The summed E-state index contributed by atoms with van der Waals surface area (Å²) in [6.45, 7) is 2.88. The van der Waals surface area contributed by atoms with E-state index in [1.807, 2.05) is 59.5 Å². The van der Waals surface area contributed by atoms with Gasteiger partial charge in [0.25, 0.3) is 0 Å². The van der Waals surface area contributed by atoms with E-state index in [0.29, 0.717) is 13.1 Å². The summed E-state index contributed by atoms with van der Waals surface area (Å²) in [5.74, 6) is 1.19. The smallest absolute Gasteiger partial charge is 0.226 e. The van der Waals surface area contributed by atoms with E-state index in [1.54, 1.807) is 6.33 Å². The van der Waals surface area contributed by atoms with E-state index in [-0.39, 0.29) is 11.8 Å². The molecule has 3 aromatic carbocycles. The van der Waals surface area contributed by atoms with Crippen molar-refractivity contribution in [2.75, 3.05) is 18.0 Å². The standard InChI is InChI=1S/C30H30N4O/c35-30(34(21-24-10-4-1-5-11-24)22-25-12-6-2-7-13-25)27-16-18-33(19-17-27)29-20-28(31-23-32-29)26-14-8-3-9-15-26/h1-15,20,23,27H,16-19,21-22H2. The molecule has 0 spiro atoms. The van der Waals surface area contributed by atoms with Crippen LogP contribution < -0.4 is 4.90 Å². The van der Waals surface area contributed by atoms with Gasteiger partial charge in [0, 0.05) is 43.7 Å². The summed E-state index contributed by atoms with van der Waals surface area (Å²) in [6, 6.07) is 32.7. The maximum Gasteiger partial charge on any atom is 0.226 e. The number of amides is 1. The van der Waals surface area contributed by atoms with Gasteiger partial charge in [-0.3, -0.25) is 4.79 Å². The van der Waals surface area contributed by atoms with Crippen LogP contribution in [0.3, 0.4) is 0 Å². The molecule has 1 aromatic heterocycles. The molecule has 2 heterocycles. The van der Waals surface area contributed by atoms with Crippen molar-refractivity contribution in [1.82, 2.24) is 14.9 Å². The van der Waals surface area contributed by atoms with Crippen molar-refractivity contribution in [3.63, 3.8) is 0 Å². The summed E-state index contributed by atoms with van der Waals surface area (Å²) in [7, 11) is 0. The molecule has 0 bridgehead atoms. The van der Waals surface area contributed by atoms with Crippen LogP contribution in [0.1, 0.15) is 24.0 Å². The van der Waals surface area contributed by atoms with Crippen LogP contribution in [0, 0.1) is 5.92 Å². The van der Waals surface area contributed by atoms with Crippen molar-refractivity contribution in [3.05, 3.63) is 115 Å². The number of carbonyl (C=O) groups is 1. The Labute approximate surface area is 207 Å². The van der Waals surface area contributed by atoms with Gasteiger partial charge in [0.15, 0.2) is 0 Å². The van der Waals surface area contributed by atoms with Gasteiger partial charge in [-0.2, -0.15) is 0 Å². The van der Waals surface area contributed by atoms with E-state index in [2.05, 4.69) is 57.3 Å². The zero-order valence-electron chi connectivity index (χ0n) is 19.8. The number of hydrogen-bond acceptors (Lipinski definition) is 4. The molecule has 0 N–H and O–H groups in total. The second-order valence-corrected chi connectivity index (χ2v) is 9.05. The molecule has 5 rings (SSSR count). The highest BCUT2D eigenvalue weighted by atomic mass is 16.2. The van der Waals surface area contributed by atoms with Gasteiger partial charge < -0.3 is 9.80 Å². The predicted octanol–water partition coefficient (Wildman–Crippen LogP) is 5.59. The largest absolute Gasteiger partial charge is 0.356 e.